The monoisotopic (exact) mass is 309 g/mol. The van der Waals surface area contributed by atoms with E-state index in [1.165, 1.54) is 6.92 Å². The Kier molecular flexibility index (Phi) is 4.01. The third-order valence-electron chi connectivity index (χ3n) is 3.25. The summed E-state index contributed by atoms with van der Waals surface area (Å²) in [6.45, 7) is 1.46. The Bertz CT molecular complexity index is 812. The number of Topliss-reactive ketones (excluding diaryl/α,β-unsaturated/α-hetero) is 1. The zero-order valence-corrected chi connectivity index (χ0v) is 12.7. The largest absolute Gasteiger partial charge is 0.497 e. The number of methoxy groups -OCH3 is 1. The fraction of sp³-hybridized carbons (Fsp3) is 0.125. The van der Waals surface area contributed by atoms with Crippen molar-refractivity contribution in [1.82, 2.24) is 20.0 Å². The minimum atomic E-state index is -0.170. The molecule has 0 saturated heterocycles. The SMILES string of the molecule is COc1ccc(-n2nnc(C(C)=O)c2Nc2cccnc2)cc1. The summed E-state index contributed by atoms with van der Waals surface area (Å²) in [4.78, 5) is 15.9. The van der Waals surface area contributed by atoms with Gasteiger partial charge in [0.25, 0.3) is 0 Å². The van der Waals surface area contributed by atoms with Crippen LogP contribution in [-0.2, 0) is 0 Å². The van der Waals surface area contributed by atoms with Crippen molar-refractivity contribution >= 4 is 17.3 Å². The van der Waals surface area contributed by atoms with Crippen molar-refractivity contribution < 1.29 is 9.53 Å². The van der Waals surface area contributed by atoms with Crippen LogP contribution in [0.4, 0.5) is 11.5 Å². The van der Waals surface area contributed by atoms with Crippen molar-refractivity contribution in [2.24, 2.45) is 0 Å². The van der Waals surface area contributed by atoms with Gasteiger partial charge in [0.1, 0.15) is 5.75 Å². The van der Waals surface area contributed by atoms with E-state index < -0.39 is 0 Å². The lowest BCUT2D eigenvalue weighted by atomic mass is 10.2. The number of ether oxygens (including phenoxy) is 1. The maximum Gasteiger partial charge on any atom is 0.183 e. The van der Waals surface area contributed by atoms with E-state index >= 15 is 0 Å². The number of pyridine rings is 1. The Morgan fingerprint density at radius 3 is 2.61 bits per heavy atom. The minimum absolute atomic E-state index is 0.170. The lowest BCUT2D eigenvalue weighted by Gasteiger charge is -2.10. The summed E-state index contributed by atoms with van der Waals surface area (Å²) in [7, 11) is 1.60. The highest BCUT2D eigenvalue weighted by atomic mass is 16.5. The molecule has 0 spiro atoms. The van der Waals surface area contributed by atoms with Gasteiger partial charge in [-0.2, -0.15) is 4.68 Å². The molecule has 2 heterocycles. The number of anilines is 2. The van der Waals surface area contributed by atoms with Crippen LogP contribution in [0.5, 0.6) is 5.75 Å². The summed E-state index contributed by atoms with van der Waals surface area (Å²) in [5.74, 6) is 1.06. The maximum absolute atomic E-state index is 11.8. The van der Waals surface area contributed by atoms with Crippen LogP contribution in [0.2, 0.25) is 0 Å². The summed E-state index contributed by atoms with van der Waals surface area (Å²) in [6, 6.07) is 11.0. The van der Waals surface area contributed by atoms with Crippen molar-refractivity contribution in [2.45, 2.75) is 6.92 Å². The fourth-order valence-electron chi connectivity index (χ4n) is 2.11. The zero-order valence-electron chi connectivity index (χ0n) is 12.7. The second-order valence-electron chi connectivity index (χ2n) is 4.82. The molecule has 1 aromatic carbocycles. The molecule has 0 radical (unpaired) electrons. The highest BCUT2D eigenvalue weighted by molar-refractivity contribution is 5.97. The third-order valence-corrected chi connectivity index (χ3v) is 3.25. The van der Waals surface area contributed by atoms with Crippen LogP contribution in [0, 0.1) is 0 Å². The Balaban J connectivity index is 2.04. The maximum atomic E-state index is 11.8. The molecule has 0 fully saturated rings. The molecule has 3 aromatic rings. The van der Waals surface area contributed by atoms with Gasteiger partial charge in [-0.25, -0.2) is 0 Å². The van der Waals surface area contributed by atoms with Crippen molar-refractivity contribution in [3.8, 4) is 11.4 Å². The molecule has 0 bridgehead atoms. The van der Waals surface area contributed by atoms with E-state index in [4.69, 9.17) is 4.74 Å². The molecule has 2 aromatic heterocycles. The molecule has 7 nitrogen and oxygen atoms in total. The van der Waals surface area contributed by atoms with Gasteiger partial charge in [-0.1, -0.05) is 5.21 Å². The van der Waals surface area contributed by atoms with Gasteiger partial charge in [-0.3, -0.25) is 9.78 Å². The van der Waals surface area contributed by atoms with Gasteiger partial charge in [0, 0.05) is 13.1 Å². The second kappa shape index (κ2) is 6.27. The van der Waals surface area contributed by atoms with Crippen LogP contribution in [-0.4, -0.2) is 32.9 Å². The fourth-order valence-corrected chi connectivity index (χ4v) is 2.11. The van der Waals surface area contributed by atoms with Gasteiger partial charge in [0.05, 0.1) is 24.7 Å². The first kappa shape index (κ1) is 14.7. The predicted octanol–water partition coefficient (Wildman–Crippen LogP) is 2.62. The molecule has 23 heavy (non-hydrogen) atoms. The molecular formula is C16H15N5O2. The van der Waals surface area contributed by atoms with E-state index in [1.807, 2.05) is 30.3 Å². The van der Waals surface area contributed by atoms with Crippen LogP contribution < -0.4 is 10.1 Å². The number of aromatic nitrogens is 4. The summed E-state index contributed by atoms with van der Waals surface area (Å²) in [6.07, 6.45) is 3.34. The van der Waals surface area contributed by atoms with Crippen molar-refractivity contribution in [2.75, 3.05) is 12.4 Å². The molecule has 0 unspecified atom stereocenters. The molecular weight excluding hydrogens is 294 g/mol. The van der Waals surface area contributed by atoms with Gasteiger partial charge in [-0.15, -0.1) is 5.10 Å². The van der Waals surface area contributed by atoms with Crippen LogP contribution in [0.25, 0.3) is 5.69 Å². The molecule has 0 aliphatic rings. The number of hydrogen-bond acceptors (Lipinski definition) is 6. The molecule has 0 amide bonds. The number of carbonyl (C=O) groups is 1. The first-order valence-electron chi connectivity index (χ1n) is 6.97. The third kappa shape index (κ3) is 3.03. The van der Waals surface area contributed by atoms with Crippen molar-refractivity contribution in [3.05, 3.63) is 54.5 Å². The van der Waals surface area contributed by atoms with Crippen LogP contribution in [0.15, 0.2) is 48.8 Å². The number of rotatable bonds is 5. The van der Waals surface area contributed by atoms with Gasteiger partial charge in [0.2, 0.25) is 0 Å². The zero-order chi connectivity index (χ0) is 16.2. The van der Waals surface area contributed by atoms with Crippen molar-refractivity contribution in [1.29, 1.82) is 0 Å². The number of carbonyl (C=O) groups excluding carboxylic acids is 1. The summed E-state index contributed by atoms with van der Waals surface area (Å²) < 4.78 is 6.72. The summed E-state index contributed by atoms with van der Waals surface area (Å²) in [5, 5.41) is 11.2. The van der Waals surface area contributed by atoms with Crippen LogP contribution >= 0.6 is 0 Å². The number of ketones is 1. The van der Waals surface area contributed by atoms with Crippen LogP contribution in [0.3, 0.4) is 0 Å². The number of hydrogen-bond donors (Lipinski definition) is 1. The lowest BCUT2D eigenvalue weighted by Crippen LogP contribution is -2.05. The number of benzene rings is 1. The molecule has 0 atom stereocenters. The van der Waals surface area contributed by atoms with Gasteiger partial charge in [0.15, 0.2) is 17.3 Å². The smallest absolute Gasteiger partial charge is 0.183 e. The molecule has 0 aliphatic heterocycles. The highest BCUT2D eigenvalue weighted by Gasteiger charge is 2.18. The van der Waals surface area contributed by atoms with Gasteiger partial charge < -0.3 is 10.1 Å². The molecule has 0 aliphatic carbocycles. The molecule has 0 saturated carbocycles. The lowest BCUT2D eigenvalue weighted by molar-refractivity contribution is 0.101. The number of nitrogens with zero attached hydrogens (tertiary/aromatic N) is 4. The summed E-state index contributed by atoms with van der Waals surface area (Å²) >= 11 is 0. The van der Waals surface area contributed by atoms with Crippen molar-refractivity contribution in [3.63, 3.8) is 0 Å². The van der Waals surface area contributed by atoms with E-state index in [9.17, 15) is 4.79 Å². The molecule has 7 heteroatoms. The number of nitrogens with one attached hydrogen (secondary N) is 1. The van der Waals surface area contributed by atoms with Gasteiger partial charge in [-0.05, 0) is 36.4 Å². The molecule has 3 rings (SSSR count). The Morgan fingerprint density at radius 2 is 2.00 bits per heavy atom. The second-order valence-corrected chi connectivity index (χ2v) is 4.82. The topological polar surface area (TPSA) is 81.9 Å². The predicted molar refractivity (Wildman–Crippen MR) is 85.4 cm³/mol. The minimum Gasteiger partial charge on any atom is -0.497 e. The average Bonchev–Trinajstić information content (AvgIpc) is 2.99. The summed E-state index contributed by atoms with van der Waals surface area (Å²) in [5.41, 5.74) is 1.77. The Hall–Kier alpha value is -3.22. The van der Waals surface area contributed by atoms with E-state index in [2.05, 4.69) is 20.6 Å². The van der Waals surface area contributed by atoms with E-state index in [-0.39, 0.29) is 11.5 Å². The van der Waals surface area contributed by atoms with E-state index in [1.54, 1.807) is 30.3 Å². The Labute approximate surface area is 132 Å². The highest BCUT2D eigenvalue weighted by Crippen LogP contribution is 2.24. The van der Waals surface area contributed by atoms with Crippen LogP contribution in [0.1, 0.15) is 17.4 Å². The molecule has 1 N–H and O–H groups in total. The quantitative estimate of drug-likeness (QED) is 0.730. The first-order valence-corrected chi connectivity index (χ1v) is 6.97. The first-order chi connectivity index (χ1) is 11.2. The molecule has 116 valence electrons. The van der Waals surface area contributed by atoms with E-state index in [0.717, 1.165) is 17.1 Å². The standard InChI is InChI=1S/C16H15N5O2/c1-11(22)15-16(18-12-4-3-9-17-10-12)21(20-19-15)13-5-7-14(23-2)8-6-13/h3-10,18H,1-2H3. The Morgan fingerprint density at radius 1 is 1.22 bits per heavy atom. The van der Waals surface area contributed by atoms with E-state index in [0.29, 0.717) is 5.82 Å². The average molecular weight is 309 g/mol. The normalized spacial score (nSPS) is 10.3. The van der Waals surface area contributed by atoms with Gasteiger partial charge >= 0.3 is 0 Å².